The van der Waals surface area contributed by atoms with Crippen LogP contribution in [0.1, 0.15) is 5.56 Å². The van der Waals surface area contributed by atoms with Gasteiger partial charge in [-0.25, -0.2) is 0 Å². The molecular formula is C6H4Cl2N4. The van der Waals surface area contributed by atoms with Gasteiger partial charge >= 0.3 is 0 Å². The smallest absolute Gasteiger partial charge is 0.181 e. The molecule has 0 atom stereocenters. The average Bonchev–Trinajstić information content (AvgIpc) is 2.33. The molecule has 0 radical (unpaired) electrons. The number of rotatable bonds is 0. The van der Waals surface area contributed by atoms with Gasteiger partial charge in [-0.05, 0) is 30.2 Å². The van der Waals surface area contributed by atoms with E-state index in [-0.39, 0.29) is 5.28 Å². The molecule has 0 saturated carbocycles. The van der Waals surface area contributed by atoms with Crippen molar-refractivity contribution >= 4 is 28.8 Å². The van der Waals surface area contributed by atoms with Crippen LogP contribution in [0.25, 0.3) is 5.65 Å². The molecule has 0 N–H and O–H groups in total. The van der Waals surface area contributed by atoms with Crippen LogP contribution >= 0.6 is 23.2 Å². The van der Waals surface area contributed by atoms with E-state index in [0.717, 1.165) is 5.56 Å². The Morgan fingerprint density at radius 2 is 2.08 bits per heavy atom. The molecule has 0 amide bonds. The quantitative estimate of drug-likeness (QED) is 0.654. The third-order valence-electron chi connectivity index (χ3n) is 1.49. The fourth-order valence-corrected chi connectivity index (χ4v) is 1.36. The molecule has 0 aliphatic heterocycles. The molecule has 6 heteroatoms. The molecule has 0 bridgehead atoms. The van der Waals surface area contributed by atoms with Gasteiger partial charge in [-0.2, -0.15) is 9.61 Å². The van der Waals surface area contributed by atoms with Crippen molar-refractivity contribution in [2.75, 3.05) is 0 Å². The van der Waals surface area contributed by atoms with E-state index in [0.29, 0.717) is 10.8 Å². The molecule has 0 aliphatic carbocycles. The highest BCUT2D eigenvalue weighted by atomic mass is 35.5. The molecule has 0 spiro atoms. The number of fused-ring (bicyclic) bond motifs is 1. The number of hydrogen-bond donors (Lipinski definition) is 0. The van der Waals surface area contributed by atoms with Gasteiger partial charge in [-0.3, -0.25) is 0 Å². The summed E-state index contributed by atoms with van der Waals surface area (Å²) in [5.41, 5.74) is 1.53. The van der Waals surface area contributed by atoms with E-state index in [2.05, 4.69) is 15.3 Å². The molecule has 0 saturated heterocycles. The fourth-order valence-electron chi connectivity index (χ4n) is 0.963. The standard InChI is InChI=1S/C6H4Cl2N4/c1-3-2-4(7)11-12-5(3)9-10-6(12)8/h2H,1H3. The maximum atomic E-state index is 5.71. The highest BCUT2D eigenvalue weighted by Crippen LogP contribution is 2.14. The molecule has 0 unspecified atom stereocenters. The Hall–Kier alpha value is -0.870. The molecule has 12 heavy (non-hydrogen) atoms. The van der Waals surface area contributed by atoms with Gasteiger partial charge in [0.25, 0.3) is 0 Å². The van der Waals surface area contributed by atoms with Gasteiger partial charge in [-0.15, -0.1) is 10.2 Å². The lowest BCUT2D eigenvalue weighted by molar-refractivity contribution is 0.921. The van der Waals surface area contributed by atoms with Crippen LogP contribution in [0.3, 0.4) is 0 Å². The largest absolute Gasteiger partial charge is 0.246 e. The summed E-state index contributed by atoms with van der Waals surface area (Å²) in [6.07, 6.45) is 0. The van der Waals surface area contributed by atoms with Crippen LogP contribution in [0.15, 0.2) is 6.07 Å². The number of nitrogens with zero attached hydrogens (tertiary/aromatic N) is 4. The van der Waals surface area contributed by atoms with Crippen molar-refractivity contribution in [2.24, 2.45) is 0 Å². The van der Waals surface area contributed by atoms with E-state index >= 15 is 0 Å². The lowest BCUT2D eigenvalue weighted by atomic mass is 10.3. The van der Waals surface area contributed by atoms with E-state index in [1.165, 1.54) is 4.52 Å². The number of aryl methyl sites for hydroxylation is 1. The monoisotopic (exact) mass is 202 g/mol. The Labute approximate surface area is 78.1 Å². The van der Waals surface area contributed by atoms with E-state index in [1.54, 1.807) is 6.07 Å². The zero-order valence-electron chi connectivity index (χ0n) is 6.12. The first-order valence-electron chi connectivity index (χ1n) is 3.22. The Balaban J connectivity index is 2.92. The second-order valence-corrected chi connectivity index (χ2v) is 3.08. The van der Waals surface area contributed by atoms with Gasteiger partial charge in [0.2, 0.25) is 5.28 Å². The zero-order chi connectivity index (χ0) is 8.72. The summed E-state index contributed by atoms with van der Waals surface area (Å²) >= 11 is 11.4. The first kappa shape index (κ1) is 7.76. The summed E-state index contributed by atoms with van der Waals surface area (Å²) in [7, 11) is 0. The lowest BCUT2D eigenvalue weighted by Gasteiger charge is -1.96. The molecule has 4 nitrogen and oxygen atoms in total. The molecule has 0 fully saturated rings. The predicted molar refractivity (Wildman–Crippen MR) is 45.5 cm³/mol. The van der Waals surface area contributed by atoms with Crippen LogP contribution < -0.4 is 0 Å². The summed E-state index contributed by atoms with van der Waals surface area (Å²) in [6, 6.07) is 1.71. The maximum absolute atomic E-state index is 5.71. The van der Waals surface area contributed by atoms with Crippen molar-refractivity contribution in [2.45, 2.75) is 6.92 Å². The van der Waals surface area contributed by atoms with Crippen molar-refractivity contribution in [1.82, 2.24) is 19.8 Å². The first-order chi connectivity index (χ1) is 5.68. The Bertz CT molecular complexity index is 436. The maximum Gasteiger partial charge on any atom is 0.246 e. The van der Waals surface area contributed by atoms with Gasteiger partial charge in [0.15, 0.2) is 10.8 Å². The summed E-state index contributed by atoms with van der Waals surface area (Å²) in [5, 5.41) is 12.0. The van der Waals surface area contributed by atoms with Crippen LogP contribution in [0.2, 0.25) is 10.4 Å². The van der Waals surface area contributed by atoms with Crippen molar-refractivity contribution in [3.63, 3.8) is 0 Å². The highest BCUT2D eigenvalue weighted by Gasteiger charge is 2.06. The van der Waals surface area contributed by atoms with Crippen LogP contribution in [-0.2, 0) is 0 Å². The highest BCUT2D eigenvalue weighted by molar-refractivity contribution is 6.30. The van der Waals surface area contributed by atoms with Gasteiger partial charge in [0.1, 0.15) is 0 Å². The second-order valence-electron chi connectivity index (χ2n) is 2.35. The van der Waals surface area contributed by atoms with E-state index < -0.39 is 0 Å². The van der Waals surface area contributed by atoms with Crippen molar-refractivity contribution in [3.05, 3.63) is 22.1 Å². The van der Waals surface area contributed by atoms with Crippen LogP contribution in [-0.4, -0.2) is 19.8 Å². The van der Waals surface area contributed by atoms with Crippen LogP contribution in [0, 0.1) is 6.92 Å². The summed E-state index contributed by atoms with van der Waals surface area (Å²) in [4.78, 5) is 0. The molecule has 2 rings (SSSR count). The fraction of sp³-hybridized carbons (Fsp3) is 0.167. The van der Waals surface area contributed by atoms with Crippen molar-refractivity contribution < 1.29 is 0 Å². The predicted octanol–water partition coefficient (Wildman–Crippen LogP) is 1.74. The van der Waals surface area contributed by atoms with E-state index in [9.17, 15) is 0 Å². The number of aromatic nitrogens is 4. The van der Waals surface area contributed by atoms with Gasteiger partial charge < -0.3 is 0 Å². The molecule has 2 aromatic rings. The Kier molecular flexibility index (Phi) is 1.66. The minimum Gasteiger partial charge on any atom is -0.181 e. The van der Waals surface area contributed by atoms with Crippen molar-refractivity contribution in [1.29, 1.82) is 0 Å². The number of hydrogen-bond acceptors (Lipinski definition) is 3. The zero-order valence-corrected chi connectivity index (χ0v) is 7.63. The minimum absolute atomic E-state index is 0.218. The third-order valence-corrected chi connectivity index (χ3v) is 1.91. The molecule has 0 aliphatic rings. The molecule has 2 heterocycles. The normalized spacial score (nSPS) is 10.9. The minimum atomic E-state index is 0.218. The lowest BCUT2D eigenvalue weighted by Crippen LogP contribution is -1.94. The third kappa shape index (κ3) is 1.04. The molecule has 0 aromatic carbocycles. The first-order valence-corrected chi connectivity index (χ1v) is 3.98. The van der Waals surface area contributed by atoms with Gasteiger partial charge in [0.05, 0.1) is 0 Å². The second kappa shape index (κ2) is 2.57. The molecular weight excluding hydrogens is 199 g/mol. The number of halogens is 2. The topological polar surface area (TPSA) is 43.1 Å². The average molecular weight is 203 g/mol. The molecule has 62 valence electrons. The van der Waals surface area contributed by atoms with Crippen molar-refractivity contribution in [3.8, 4) is 0 Å². The summed E-state index contributed by atoms with van der Waals surface area (Å²) < 4.78 is 1.40. The van der Waals surface area contributed by atoms with Crippen LogP contribution in [0.5, 0.6) is 0 Å². The van der Waals surface area contributed by atoms with E-state index in [1.807, 2.05) is 6.92 Å². The Morgan fingerprint density at radius 1 is 1.33 bits per heavy atom. The van der Waals surface area contributed by atoms with Gasteiger partial charge in [0, 0.05) is 0 Å². The summed E-state index contributed by atoms with van der Waals surface area (Å²) in [6.45, 7) is 1.87. The van der Waals surface area contributed by atoms with E-state index in [4.69, 9.17) is 23.2 Å². The Morgan fingerprint density at radius 3 is 2.83 bits per heavy atom. The van der Waals surface area contributed by atoms with Crippen LogP contribution in [0.4, 0.5) is 0 Å². The summed E-state index contributed by atoms with van der Waals surface area (Å²) in [5.74, 6) is 0. The molecule has 2 aromatic heterocycles. The van der Waals surface area contributed by atoms with Gasteiger partial charge in [-0.1, -0.05) is 11.6 Å². The SMILES string of the molecule is Cc1cc(Cl)nn2c(Cl)nnc12.